The van der Waals surface area contributed by atoms with E-state index in [9.17, 15) is 4.79 Å². The van der Waals surface area contributed by atoms with Crippen molar-refractivity contribution >= 4 is 51.3 Å². The third-order valence-electron chi connectivity index (χ3n) is 3.69. The number of rotatable bonds is 8. The zero-order valence-corrected chi connectivity index (χ0v) is 17.4. The molecule has 0 aromatic heterocycles. The van der Waals surface area contributed by atoms with Gasteiger partial charge in [-0.2, -0.15) is 0 Å². The minimum Gasteiger partial charge on any atom is -0.489 e. The number of carboxylic acid groups (broad SMARTS) is 1. The Bertz CT molecular complexity index is 773. The Morgan fingerprint density at radius 1 is 1.19 bits per heavy atom. The van der Waals surface area contributed by atoms with Gasteiger partial charge in [-0.15, -0.1) is 33.2 Å². The normalized spacial score (nSPS) is 12.9. The van der Waals surface area contributed by atoms with Crippen molar-refractivity contribution in [2.75, 3.05) is 0 Å². The van der Waals surface area contributed by atoms with Crippen LogP contribution in [-0.2, 0) is 4.79 Å². The first-order valence-electron chi connectivity index (χ1n) is 8.15. The van der Waals surface area contributed by atoms with Crippen molar-refractivity contribution in [2.24, 2.45) is 0 Å². The number of carbonyl (C=O) groups is 1. The van der Waals surface area contributed by atoms with Crippen LogP contribution in [-0.4, -0.2) is 22.8 Å². The average Bonchev–Trinajstić information content (AvgIpc) is 2.59. The van der Waals surface area contributed by atoms with Crippen LogP contribution in [0.4, 0.5) is 0 Å². The summed E-state index contributed by atoms with van der Waals surface area (Å²) in [6, 6.07) is 12.1. The molecule has 0 bridgehead atoms. The van der Waals surface area contributed by atoms with Crippen molar-refractivity contribution in [3.05, 3.63) is 60.2 Å². The quantitative estimate of drug-likeness (QED) is 0.309. The molecule has 0 heterocycles. The predicted molar refractivity (Wildman–Crippen MR) is 111 cm³/mol. The molecule has 0 radical (unpaired) electrons. The summed E-state index contributed by atoms with van der Waals surface area (Å²) in [6.07, 6.45) is 4.04. The van der Waals surface area contributed by atoms with Crippen LogP contribution in [0.5, 0.6) is 5.75 Å². The van der Waals surface area contributed by atoms with E-state index in [1.165, 1.54) is 6.08 Å². The average molecular weight is 430 g/mol. The molecule has 138 valence electrons. The van der Waals surface area contributed by atoms with Gasteiger partial charge in [0.05, 0.1) is 0 Å². The van der Waals surface area contributed by atoms with Gasteiger partial charge in [0.1, 0.15) is 11.5 Å². The molecule has 2 rings (SSSR count). The maximum absolute atomic E-state index is 10.8. The van der Waals surface area contributed by atoms with E-state index in [0.29, 0.717) is 17.7 Å². The van der Waals surface area contributed by atoms with E-state index in [1.54, 1.807) is 6.07 Å². The van der Waals surface area contributed by atoms with E-state index in [4.69, 9.17) is 43.1 Å². The molecule has 0 amide bonds. The lowest BCUT2D eigenvalue weighted by Gasteiger charge is -2.25. The molecule has 1 atom stereocenters. The van der Waals surface area contributed by atoms with Gasteiger partial charge in [-0.05, 0) is 29.7 Å². The van der Waals surface area contributed by atoms with Gasteiger partial charge in [0.2, 0.25) is 0 Å². The summed E-state index contributed by atoms with van der Waals surface area (Å²) in [7, 11) is 0. The number of carboxylic acids is 1. The fourth-order valence-corrected chi connectivity index (χ4v) is 4.73. The van der Waals surface area contributed by atoms with Gasteiger partial charge in [0, 0.05) is 11.6 Å². The third-order valence-corrected chi connectivity index (χ3v) is 7.02. The van der Waals surface area contributed by atoms with E-state index in [2.05, 4.69) is 0 Å². The summed E-state index contributed by atoms with van der Waals surface area (Å²) in [5.74, 6) is -0.446. The Labute approximate surface area is 168 Å². The second-order valence-electron chi connectivity index (χ2n) is 5.73. The molecule has 0 aliphatic heterocycles. The van der Waals surface area contributed by atoms with Crippen molar-refractivity contribution < 1.29 is 14.6 Å². The van der Waals surface area contributed by atoms with E-state index in [1.807, 2.05) is 49.4 Å². The molecule has 0 spiro atoms. The highest BCUT2D eigenvalue weighted by Gasteiger charge is 2.38. The van der Waals surface area contributed by atoms with Crippen LogP contribution < -0.4 is 4.74 Å². The number of ether oxygens (including phenoxy) is 1. The van der Waals surface area contributed by atoms with Gasteiger partial charge in [0.25, 0.3) is 0 Å². The zero-order chi connectivity index (χ0) is 19.2. The molecule has 0 saturated carbocycles. The van der Waals surface area contributed by atoms with Gasteiger partial charge in [-0.25, -0.2) is 4.79 Å². The monoisotopic (exact) mass is 428 g/mol. The molecule has 1 N–H and O–H groups in total. The molecule has 2 aromatic carbocycles. The van der Waals surface area contributed by atoms with E-state index < -0.39 is 17.7 Å². The van der Waals surface area contributed by atoms with Crippen molar-refractivity contribution in [3.63, 3.8) is 0 Å². The van der Waals surface area contributed by atoms with Crippen LogP contribution in [0.25, 0.3) is 17.2 Å². The molecular formula is C19H19Cl3O3Si. The smallest absolute Gasteiger partial charge is 0.381 e. The molecule has 0 aliphatic carbocycles. The predicted octanol–water partition coefficient (Wildman–Crippen LogP) is 6.19. The first-order chi connectivity index (χ1) is 12.3. The number of hydrogen-bond donors (Lipinski definition) is 1. The second-order valence-corrected chi connectivity index (χ2v) is 14.6. The molecule has 2 aromatic rings. The summed E-state index contributed by atoms with van der Waals surface area (Å²) in [5.41, 5.74) is 2.04. The highest BCUT2D eigenvalue weighted by molar-refractivity contribution is 7.65. The van der Waals surface area contributed by atoms with Crippen LogP contribution in [0.15, 0.2) is 54.6 Å². The van der Waals surface area contributed by atoms with Gasteiger partial charge in [-0.1, -0.05) is 55.8 Å². The molecule has 26 heavy (non-hydrogen) atoms. The van der Waals surface area contributed by atoms with Crippen molar-refractivity contribution in [1.29, 1.82) is 0 Å². The standard InChI is InChI=1S/C19H19Cl3O3Si/c1-2-6-19(26(20,21)22)25-17-13-14(10-12-18(23)24)9-11-16(17)15-7-4-3-5-8-15/h3-5,7-13,19H,2,6H2,1H3,(H,23,24)/b12-10+. The summed E-state index contributed by atoms with van der Waals surface area (Å²) >= 11 is 18.7. The van der Waals surface area contributed by atoms with Crippen molar-refractivity contribution in [3.8, 4) is 16.9 Å². The largest absolute Gasteiger partial charge is 0.489 e. The first-order valence-corrected chi connectivity index (χ1v) is 13.3. The van der Waals surface area contributed by atoms with Crippen molar-refractivity contribution in [1.82, 2.24) is 0 Å². The molecule has 7 heteroatoms. The Morgan fingerprint density at radius 3 is 2.46 bits per heavy atom. The van der Waals surface area contributed by atoms with E-state index >= 15 is 0 Å². The Kier molecular flexibility index (Phi) is 7.59. The van der Waals surface area contributed by atoms with Gasteiger partial charge < -0.3 is 9.84 Å². The van der Waals surface area contributed by atoms with Gasteiger partial charge in [0.15, 0.2) is 0 Å². The first kappa shape index (κ1) is 20.8. The fourth-order valence-electron chi connectivity index (χ4n) is 2.47. The number of halogens is 3. The number of benzene rings is 2. The summed E-state index contributed by atoms with van der Waals surface area (Å²) < 4.78 is 6.14. The lowest BCUT2D eigenvalue weighted by atomic mass is 10.0. The van der Waals surface area contributed by atoms with Crippen LogP contribution in [0, 0.1) is 0 Å². The Morgan fingerprint density at radius 2 is 1.88 bits per heavy atom. The van der Waals surface area contributed by atoms with Crippen LogP contribution >= 0.6 is 33.2 Å². The fraction of sp³-hybridized carbons (Fsp3) is 0.211. The van der Waals surface area contributed by atoms with Crippen LogP contribution in [0.1, 0.15) is 25.3 Å². The van der Waals surface area contributed by atoms with Crippen molar-refractivity contribution in [2.45, 2.75) is 25.5 Å². The second kappa shape index (κ2) is 9.47. The minimum atomic E-state index is -3.09. The van der Waals surface area contributed by atoms with E-state index in [0.717, 1.165) is 23.6 Å². The Hall–Kier alpha value is -1.46. The number of aliphatic carboxylic acids is 1. The maximum atomic E-state index is 10.8. The zero-order valence-electron chi connectivity index (χ0n) is 14.2. The summed E-state index contributed by atoms with van der Waals surface area (Å²) in [6.45, 7) is 2.01. The molecule has 0 aliphatic rings. The highest BCUT2D eigenvalue weighted by atomic mass is 35.8. The lowest BCUT2D eigenvalue weighted by Crippen LogP contribution is -2.36. The number of hydrogen-bond acceptors (Lipinski definition) is 2. The van der Waals surface area contributed by atoms with Gasteiger partial charge in [-0.3, -0.25) is 0 Å². The highest BCUT2D eigenvalue weighted by Crippen LogP contribution is 2.36. The van der Waals surface area contributed by atoms with E-state index in [-0.39, 0.29) is 0 Å². The van der Waals surface area contributed by atoms with Gasteiger partial charge >= 0.3 is 12.0 Å². The molecule has 3 nitrogen and oxygen atoms in total. The topological polar surface area (TPSA) is 46.5 Å². The Balaban J connectivity index is 2.47. The SMILES string of the molecule is CCCC(Oc1cc(/C=C/C(=O)O)ccc1-c1ccccc1)[Si](Cl)(Cl)Cl. The maximum Gasteiger partial charge on any atom is 0.381 e. The molecule has 1 unspecified atom stereocenters. The van der Waals surface area contributed by atoms with Crippen LogP contribution in [0.2, 0.25) is 0 Å². The molecule has 0 fully saturated rings. The van der Waals surface area contributed by atoms with Crippen LogP contribution in [0.3, 0.4) is 0 Å². The summed E-state index contributed by atoms with van der Waals surface area (Å²) in [5, 5.41) is 8.83. The molecule has 0 saturated heterocycles. The third kappa shape index (κ3) is 6.06. The summed E-state index contributed by atoms with van der Waals surface area (Å²) in [4.78, 5) is 10.8. The lowest BCUT2D eigenvalue weighted by molar-refractivity contribution is -0.131. The minimum absolute atomic E-state index is 0.487. The molecular weight excluding hydrogens is 411 g/mol.